The lowest BCUT2D eigenvalue weighted by Crippen LogP contribution is -2.45. The van der Waals surface area contributed by atoms with E-state index in [2.05, 4.69) is 31.4 Å². The van der Waals surface area contributed by atoms with E-state index < -0.39 is 6.04 Å². The molecule has 0 spiro atoms. The fraction of sp³-hybridized carbons (Fsp3) is 0.414. The molecule has 0 saturated heterocycles. The molecule has 38 heavy (non-hydrogen) atoms. The highest BCUT2D eigenvalue weighted by Crippen LogP contribution is 2.36. The monoisotopic (exact) mass is 520 g/mol. The summed E-state index contributed by atoms with van der Waals surface area (Å²) >= 11 is 0. The third kappa shape index (κ3) is 5.46. The summed E-state index contributed by atoms with van der Waals surface area (Å²) in [7, 11) is 4.80. The van der Waals surface area contributed by atoms with E-state index in [0.29, 0.717) is 35.7 Å². The number of carbonyl (C=O) groups excluding carboxylic acids is 3. The first-order valence-electron chi connectivity index (χ1n) is 12.7. The van der Waals surface area contributed by atoms with Crippen LogP contribution in [0.1, 0.15) is 43.5 Å². The lowest BCUT2D eigenvalue weighted by molar-refractivity contribution is -0.131. The molecule has 2 aromatic carbocycles. The minimum absolute atomic E-state index is 0.00816. The molecule has 2 N–H and O–H groups in total. The summed E-state index contributed by atoms with van der Waals surface area (Å²) in [6.07, 6.45) is 0.600. The SMILES string of the molecule is COc1ccc(CCNC(=O)CN2CC3=C(C2=O)C(c2ccc(C(C)(C)C)cc2)NC(=O)N3C)cc1OC. The summed E-state index contributed by atoms with van der Waals surface area (Å²) in [4.78, 5) is 41.8. The number of methoxy groups -OCH3 is 2. The molecule has 2 aromatic rings. The Hall–Kier alpha value is -4.01. The van der Waals surface area contributed by atoms with E-state index in [-0.39, 0.29) is 36.3 Å². The lowest BCUT2D eigenvalue weighted by atomic mass is 9.85. The summed E-state index contributed by atoms with van der Waals surface area (Å²) in [5.74, 6) is 0.773. The maximum absolute atomic E-state index is 13.4. The van der Waals surface area contributed by atoms with Crippen molar-refractivity contribution in [2.75, 3.05) is 40.9 Å². The van der Waals surface area contributed by atoms with Crippen molar-refractivity contribution in [1.82, 2.24) is 20.4 Å². The van der Waals surface area contributed by atoms with Crippen LogP contribution in [0.4, 0.5) is 4.79 Å². The smallest absolute Gasteiger partial charge is 0.322 e. The van der Waals surface area contributed by atoms with Crippen LogP contribution in [0.2, 0.25) is 0 Å². The van der Waals surface area contributed by atoms with Gasteiger partial charge in [-0.05, 0) is 40.7 Å². The number of nitrogens with zero attached hydrogens (tertiary/aromatic N) is 2. The zero-order chi connectivity index (χ0) is 27.6. The minimum atomic E-state index is -0.562. The molecule has 1 atom stereocenters. The van der Waals surface area contributed by atoms with Crippen LogP contribution in [0, 0.1) is 0 Å². The summed E-state index contributed by atoms with van der Waals surface area (Å²) < 4.78 is 10.6. The maximum Gasteiger partial charge on any atom is 0.322 e. The second-order valence-electron chi connectivity index (χ2n) is 10.6. The fourth-order valence-corrected chi connectivity index (χ4v) is 4.79. The molecule has 1 unspecified atom stereocenters. The molecule has 4 amide bonds. The van der Waals surface area contributed by atoms with Gasteiger partial charge in [0.25, 0.3) is 5.91 Å². The second-order valence-corrected chi connectivity index (χ2v) is 10.6. The first-order chi connectivity index (χ1) is 18.0. The molecule has 9 heteroatoms. The number of urea groups is 1. The zero-order valence-electron chi connectivity index (χ0n) is 22.9. The molecule has 2 heterocycles. The molecule has 0 saturated carbocycles. The van der Waals surface area contributed by atoms with Gasteiger partial charge < -0.3 is 25.0 Å². The highest BCUT2D eigenvalue weighted by atomic mass is 16.5. The number of likely N-dealkylation sites (N-methyl/N-ethyl adjacent to an activating group) is 1. The van der Waals surface area contributed by atoms with Crippen molar-refractivity contribution in [2.45, 2.75) is 38.6 Å². The molecular weight excluding hydrogens is 484 g/mol. The topological polar surface area (TPSA) is 100 Å². The third-order valence-electron chi connectivity index (χ3n) is 7.06. The van der Waals surface area contributed by atoms with Crippen molar-refractivity contribution < 1.29 is 23.9 Å². The Balaban J connectivity index is 1.41. The number of carbonyl (C=O) groups is 3. The van der Waals surface area contributed by atoms with Gasteiger partial charge in [0.15, 0.2) is 11.5 Å². The van der Waals surface area contributed by atoms with Crippen LogP contribution in [0.25, 0.3) is 0 Å². The van der Waals surface area contributed by atoms with Crippen molar-refractivity contribution in [2.24, 2.45) is 0 Å². The number of nitrogens with one attached hydrogen (secondary N) is 2. The Morgan fingerprint density at radius 3 is 2.37 bits per heavy atom. The van der Waals surface area contributed by atoms with Gasteiger partial charge in [0, 0.05) is 13.6 Å². The largest absolute Gasteiger partial charge is 0.493 e. The number of ether oxygens (including phenoxy) is 2. The highest BCUT2D eigenvalue weighted by Gasteiger charge is 2.43. The van der Waals surface area contributed by atoms with E-state index in [0.717, 1.165) is 11.1 Å². The molecule has 2 aliphatic heterocycles. The molecule has 202 valence electrons. The number of hydrogen-bond acceptors (Lipinski definition) is 5. The number of amides is 4. The molecular formula is C29H36N4O5. The standard InChI is InChI=1S/C29H36N4O5/c1-29(2,3)20-10-8-19(9-11-20)26-25-21(32(4)28(36)31-26)16-33(27(25)35)17-24(34)30-14-13-18-7-12-22(37-5)23(15-18)38-6/h7-12,15,26H,13-14,16-17H2,1-6H3,(H,30,34)(H,31,36). The predicted octanol–water partition coefficient (Wildman–Crippen LogP) is 3.15. The summed E-state index contributed by atoms with van der Waals surface area (Å²) in [5.41, 5.74) is 4.12. The van der Waals surface area contributed by atoms with Crippen LogP contribution < -0.4 is 20.1 Å². The van der Waals surface area contributed by atoms with Gasteiger partial charge in [0.1, 0.15) is 6.54 Å². The number of benzene rings is 2. The zero-order valence-corrected chi connectivity index (χ0v) is 22.9. The van der Waals surface area contributed by atoms with Gasteiger partial charge in [-0.3, -0.25) is 14.5 Å². The van der Waals surface area contributed by atoms with Crippen LogP contribution in [-0.2, 0) is 21.4 Å². The van der Waals surface area contributed by atoms with E-state index in [1.54, 1.807) is 21.3 Å². The first-order valence-corrected chi connectivity index (χ1v) is 12.7. The highest BCUT2D eigenvalue weighted by molar-refractivity contribution is 6.02. The van der Waals surface area contributed by atoms with Crippen LogP contribution in [0.15, 0.2) is 53.7 Å². The second kappa shape index (κ2) is 10.8. The average molecular weight is 521 g/mol. The number of hydrogen-bond donors (Lipinski definition) is 2. The van der Waals surface area contributed by atoms with E-state index >= 15 is 0 Å². The van der Waals surface area contributed by atoms with Crippen LogP contribution in [0.5, 0.6) is 11.5 Å². The van der Waals surface area contributed by atoms with Gasteiger partial charge in [-0.25, -0.2) is 4.79 Å². The Morgan fingerprint density at radius 1 is 1.05 bits per heavy atom. The Labute approximate surface area is 223 Å². The van der Waals surface area contributed by atoms with Crippen molar-refractivity contribution >= 4 is 17.8 Å². The number of rotatable bonds is 8. The maximum atomic E-state index is 13.4. The molecule has 0 aliphatic carbocycles. The Bertz CT molecular complexity index is 1260. The summed E-state index contributed by atoms with van der Waals surface area (Å²) in [5, 5.41) is 5.84. The summed E-state index contributed by atoms with van der Waals surface area (Å²) in [6, 6.07) is 12.8. The minimum Gasteiger partial charge on any atom is -0.493 e. The summed E-state index contributed by atoms with van der Waals surface area (Å²) in [6.45, 7) is 6.94. The van der Waals surface area contributed by atoms with Gasteiger partial charge in [-0.1, -0.05) is 51.1 Å². The van der Waals surface area contributed by atoms with E-state index in [1.807, 2.05) is 42.5 Å². The van der Waals surface area contributed by atoms with Crippen LogP contribution in [-0.4, -0.2) is 68.5 Å². The van der Waals surface area contributed by atoms with Crippen molar-refractivity contribution in [1.29, 1.82) is 0 Å². The van der Waals surface area contributed by atoms with E-state index in [9.17, 15) is 14.4 Å². The lowest BCUT2D eigenvalue weighted by Gasteiger charge is -2.31. The van der Waals surface area contributed by atoms with Gasteiger partial charge in [0.05, 0.1) is 38.1 Å². The normalized spacial score (nSPS) is 17.4. The average Bonchev–Trinajstić information content (AvgIpc) is 3.21. The molecule has 9 nitrogen and oxygen atoms in total. The van der Waals surface area contributed by atoms with Crippen LogP contribution in [0.3, 0.4) is 0 Å². The third-order valence-corrected chi connectivity index (χ3v) is 7.06. The first kappa shape index (κ1) is 27.0. The molecule has 0 bridgehead atoms. The van der Waals surface area contributed by atoms with Crippen molar-refractivity contribution in [3.8, 4) is 11.5 Å². The van der Waals surface area contributed by atoms with Crippen LogP contribution >= 0.6 is 0 Å². The van der Waals surface area contributed by atoms with Gasteiger partial charge in [-0.15, -0.1) is 0 Å². The fourth-order valence-electron chi connectivity index (χ4n) is 4.79. The Morgan fingerprint density at radius 2 is 1.74 bits per heavy atom. The molecule has 2 aliphatic rings. The molecule has 0 fully saturated rings. The van der Waals surface area contributed by atoms with E-state index in [4.69, 9.17) is 9.47 Å². The van der Waals surface area contributed by atoms with E-state index in [1.165, 1.54) is 15.4 Å². The quantitative estimate of drug-likeness (QED) is 0.557. The predicted molar refractivity (Wildman–Crippen MR) is 144 cm³/mol. The van der Waals surface area contributed by atoms with Gasteiger partial charge >= 0.3 is 6.03 Å². The van der Waals surface area contributed by atoms with Crippen molar-refractivity contribution in [3.63, 3.8) is 0 Å². The van der Waals surface area contributed by atoms with Gasteiger partial charge in [-0.2, -0.15) is 0 Å². The molecule has 4 rings (SSSR count). The molecule has 0 aromatic heterocycles. The van der Waals surface area contributed by atoms with Gasteiger partial charge in [0.2, 0.25) is 5.91 Å². The molecule has 0 radical (unpaired) electrons. The van der Waals surface area contributed by atoms with Crippen molar-refractivity contribution in [3.05, 3.63) is 70.4 Å². The Kier molecular flexibility index (Phi) is 7.66.